The van der Waals surface area contributed by atoms with Crippen molar-refractivity contribution < 1.29 is 14.3 Å². The van der Waals surface area contributed by atoms with Gasteiger partial charge in [-0.25, -0.2) is 4.79 Å². The van der Waals surface area contributed by atoms with Crippen molar-refractivity contribution in [3.8, 4) is 0 Å². The Morgan fingerprint density at radius 2 is 2.00 bits per heavy atom. The monoisotopic (exact) mass is 303 g/mol. The third-order valence-corrected chi connectivity index (χ3v) is 4.07. The predicted molar refractivity (Wildman–Crippen MR) is 85.7 cm³/mol. The SMILES string of the molecule is CC(C)(CCCCc1ccccc1)OC(=O)N[C@@H]1CCC1=O. The molecule has 0 radical (unpaired) electrons. The minimum absolute atomic E-state index is 0.0950. The second-order valence-corrected chi connectivity index (χ2v) is 6.54. The van der Waals surface area contributed by atoms with Gasteiger partial charge in [0.1, 0.15) is 5.60 Å². The fourth-order valence-electron chi connectivity index (χ4n) is 2.56. The van der Waals surface area contributed by atoms with Crippen molar-refractivity contribution in [3.05, 3.63) is 35.9 Å². The van der Waals surface area contributed by atoms with Gasteiger partial charge in [0.2, 0.25) is 0 Å². The summed E-state index contributed by atoms with van der Waals surface area (Å²) in [7, 11) is 0. The predicted octanol–water partition coefficient (Wildman–Crippen LogP) is 3.64. The van der Waals surface area contributed by atoms with Crippen LogP contribution in [0, 0.1) is 0 Å². The van der Waals surface area contributed by atoms with Gasteiger partial charge >= 0.3 is 6.09 Å². The van der Waals surface area contributed by atoms with Crippen LogP contribution in [0.25, 0.3) is 0 Å². The molecule has 4 heteroatoms. The molecule has 0 unspecified atom stereocenters. The molecule has 0 saturated heterocycles. The quantitative estimate of drug-likeness (QED) is 0.782. The highest BCUT2D eigenvalue weighted by molar-refractivity contribution is 5.92. The van der Waals surface area contributed by atoms with E-state index < -0.39 is 11.7 Å². The largest absolute Gasteiger partial charge is 0.444 e. The van der Waals surface area contributed by atoms with Crippen molar-refractivity contribution in [1.82, 2.24) is 5.32 Å². The molecular formula is C18H25NO3. The van der Waals surface area contributed by atoms with Gasteiger partial charge in [-0.2, -0.15) is 0 Å². The normalized spacial score (nSPS) is 17.7. The van der Waals surface area contributed by atoms with Crippen molar-refractivity contribution in [2.24, 2.45) is 0 Å². The maximum absolute atomic E-state index is 11.8. The van der Waals surface area contributed by atoms with Crippen LogP contribution in [-0.4, -0.2) is 23.5 Å². The molecule has 0 spiro atoms. The Balaban J connectivity index is 1.64. The average molecular weight is 303 g/mol. The summed E-state index contributed by atoms with van der Waals surface area (Å²) in [6.45, 7) is 3.83. The number of hydrogen-bond acceptors (Lipinski definition) is 3. The molecule has 1 aliphatic rings. The zero-order valence-electron chi connectivity index (χ0n) is 13.4. The molecule has 1 aromatic rings. The standard InChI is InChI=1S/C18H25NO3/c1-18(2,22-17(21)19-15-11-12-16(15)20)13-7-6-10-14-8-4-3-5-9-14/h3-5,8-9,15H,6-7,10-13H2,1-2H3,(H,19,21)/t15-/m1/s1. The van der Waals surface area contributed by atoms with Gasteiger partial charge in [0, 0.05) is 6.42 Å². The van der Waals surface area contributed by atoms with E-state index in [1.165, 1.54) is 5.56 Å². The summed E-state index contributed by atoms with van der Waals surface area (Å²) in [6.07, 6.45) is 4.73. The zero-order chi connectivity index (χ0) is 16.0. The maximum Gasteiger partial charge on any atom is 0.408 e. The topological polar surface area (TPSA) is 55.4 Å². The van der Waals surface area contributed by atoms with E-state index in [4.69, 9.17) is 4.74 Å². The van der Waals surface area contributed by atoms with Crippen molar-refractivity contribution in [2.75, 3.05) is 0 Å². The van der Waals surface area contributed by atoms with Gasteiger partial charge in [-0.1, -0.05) is 30.3 Å². The molecule has 4 nitrogen and oxygen atoms in total. The molecule has 1 amide bonds. The Bertz CT molecular complexity index is 510. The van der Waals surface area contributed by atoms with Gasteiger partial charge in [-0.05, 0) is 51.5 Å². The van der Waals surface area contributed by atoms with E-state index in [0.29, 0.717) is 6.42 Å². The Morgan fingerprint density at radius 3 is 2.59 bits per heavy atom. The van der Waals surface area contributed by atoms with Gasteiger partial charge < -0.3 is 10.1 Å². The number of rotatable bonds is 7. The number of aryl methyl sites for hydroxylation is 1. The lowest BCUT2D eigenvalue weighted by Gasteiger charge is -2.29. The van der Waals surface area contributed by atoms with E-state index in [-0.39, 0.29) is 11.8 Å². The van der Waals surface area contributed by atoms with Gasteiger partial charge in [0.15, 0.2) is 5.78 Å². The van der Waals surface area contributed by atoms with E-state index in [1.807, 2.05) is 19.9 Å². The van der Waals surface area contributed by atoms with E-state index in [9.17, 15) is 9.59 Å². The van der Waals surface area contributed by atoms with E-state index in [1.54, 1.807) is 0 Å². The molecule has 1 fully saturated rings. The van der Waals surface area contributed by atoms with E-state index in [2.05, 4.69) is 29.6 Å². The third-order valence-electron chi connectivity index (χ3n) is 4.07. The van der Waals surface area contributed by atoms with Crippen molar-refractivity contribution in [3.63, 3.8) is 0 Å². The first-order valence-corrected chi connectivity index (χ1v) is 8.02. The lowest BCUT2D eigenvalue weighted by atomic mass is 9.91. The molecular weight excluding hydrogens is 278 g/mol. The number of benzene rings is 1. The average Bonchev–Trinajstić information content (AvgIpc) is 2.48. The van der Waals surface area contributed by atoms with Crippen molar-refractivity contribution >= 4 is 11.9 Å². The second kappa shape index (κ2) is 7.43. The minimum atomic E-state index is -0.506. The van der Waals surface area contributed by atoms with Crippen LogP contribution in [0.2, 0.25) is 0 Å². The number of amides is 1. The number of Topliss-reactive ketones (excluding diaryl/α,β-unsaturated/α-hetero) is 1. The van der Waals surface area contributed by atoms with Gasteiger partial charge in [-0.15, -0.1) is 0 Å². The van der Waals surface area contributed by atoms with Crippen LogP contribution in [0.5, 0.6) is 0 Å². The molecule has 1 saturated carbocycles. The van der Waals surface area contributed by atoms with Crippen LogP contribution in [0.15, 0.2) is 30.3 Å². The summed E-state index contributed by atoms with van der Waals surface area (Å²) in [5, 5.41) is 2.63. The molecule has 120 valence electrons. The molecule has 1 atom stereocenters. The maximum atomic E-state index is 11.8. The third kappa shape index (κ3) is 5.17. The Hall–Kier alpha value is -1.84. The molecule has 0 aliphatic heterocycles. The molecule has 0 bridgehead atoms. The summed E-state index contributed by atoms with van der Waals surface area (Å²) >= 11 is 0. The highest BCUT2D eigenvalue weighted by atomic mass is 16.6. The molecule has 2 rings (SSSR count). The molecule has 0 aromatic heterocycles. The number of nitrogens with one attached hydrogen (secondary N) is 1. The summed E-state index contributed by atoms with van der Waals surface area (Å²) in [4.78, 5) is 23.0. The molecule has 0 heterocycles. The van der Waals surface area contributed by atoms with Gasteiger partial charge in [0.25, 0.3) is 0 Å². The second-order valence-electron chi connectivity index (χ2n) is 6.54. The number of carbonyl (C=O) groups excluding carboxylic acids is 2. The number of ketones is 1. The summed E-state index contributed by atoms with van der Waals surface area (Å²) in [6, 6.07) is 10.0. The van der Waals surface area contributed by atoms with Crippen molar-refractivity contribution in [2.45, 2.75) is 64.0 Å². The minimum Gasteiger partial charge on any atom is -0.444 e. The summed E-state index contributed by atoms with van der Waals surface area (Å²) < 4.78 is 5.44. The van der Waals surface area contributed by atoms with Crippen LogP contribution in [0.4, 0.5) is 4.79 Å². The molecule has 22 heavy (non-hydrogen) atoms. The van der Waals surface area contributed by atoms with Crippen LogP contribution >= 0.6 is 0 Å². The lowest BCUT2D eigenvalue weighted by molar-refractivity contribution is -0.126. The zero-order valence-corrected chi connectivity index (χ0v) is 13.4. The molecule has 1 aromatic carbocycles. The molecule has 1 aliphatic carbocycles. The van der Waals surface area contributed by atoms with E-state index >= 15 is 0 Å². The summed E-state index contributed by atoms with van der Waals surface area (Å²) in [5.41, 5.74) is 0.829. The van der Waals surface area contributed by atoms with Crippen LogP contribution < -0.4 is 5.32 Å². The van der Waals surface area contributed by atoms with E-state index in [0.717, 1.165) is 32.1 Å². The Morgan fingerprint density at radius 1 is 1.27 bits per heavy atom. The number of alkyl carbamates (subject to hydrolysis) is 1. The highest BCUT2D eigenvalue weighted by Gasteiger charge is 2.31. The highest BCUT2D eigenvalue weighted by Crippen LogP contribution is 2.20. The van der Waals surface area contributed by atoms with Gasteiger partial charge in [0.05, 0.1) is 6.04 Å². The Kier molecular flexibility index (Phi) is 5.58. The van der Waals surface area contributed by atoms with Crippen LogP contribution in [0.1, 0.15) is 51.5 Å². The van der Waals surface area contributed by atoms with Crippen molar-refractivity contribution in [1.29, 1.82) is 0 Å². The first-order valence-electron chi connectivity index (χ1n) is 8.02. The van der Waals surface area contributed by atoms with Crippen LogP contribution in [0.3, 0.4) is 0 Å². The number of unbranched alkanes of at least 4 members (excludes halogenated alkanes) is 1. The smallest absolute Gasteiger partial charge is 0.408 e. The Labute approximate surface area is 132 Å². The molecule has 1 N–H and O–H groups in total. The first kappa shape index (κ1) is 16.5. The first-order chi connectivity index (χ1) is 10.5. The van der Waals surface area contributed by atoms with Gasteiger partial charge in [-0.3, -0.25) is 4.79 Å². The lowest BCUT2D eigenvalue weighted by Crippen LogP contribution is -2.49. The fourth-order valence-corrected chi connectivity index (χ4v) is 2.56. The number of ether oxygens (including phenoxy) is 1. The summed E-state index contributed by atoms with van der Waals surface area (Å²) in [5.74, 6) is 0.0950. The van der Waals surface area contributed by atoms with Crippen LogP contribution in [-0.2, 0) is 16.0 Å². The number of carbonyl (C=O) groups is 2. The fraction of sp³-hybridized carbons (Fsp3) is 0.556. The number of hydrogen-bond donors (Lipinski definition) is 1.